The molecule has 0 saturated carbocycles. The first kappa shape index (κ1) is 21.2. The van der Waals surface area contributed by atoms with Crippen LogP contribution in [0.15, 0.2) is 24.3 Å². The Bertz CT molecular complexity index is 832. The molecule has 1 aliphatic rings. The second-order valence-electron chi connectivity index (χ2n) is 7.66. The number of nitrogens with zero attached hydrogens (tertiary/aromatic N) is 2. The van der Waals surface area contributed by atoms with Gasteiger partial charge in [-0.3, -0.25) is 14.5 Å². The maximum absolute atomic E-state index is 12.9. The number of hydrogen-bond donors (Lipinski definition) is 2. The van der Waals surface area contributed by atoms with Crippen LogP contribution in [-0.2, 0) is 16.0 Å². The van der Waals surface area contributed by atoms with Crippen LogP contribution in [0.2, 0.25) is 0 Å². The largest absolute Gasteiger partial charge is 0.496 e. The average molecular weight is 386 g/mol. The van der Waals surface area contributed by atoms with Gasteiger partial charge in [-0.25, -0.2) is 4.79 Å². The van der Waals surface area contributed by atoms with Gasteiger partial charge in [0.1, 0.15) is 23.4 Å². The van der Waals surface area contributed by atoms with Crippen molar-refractivity contribution in [1.29, 1.82) is 5.26 Å². The third kappa shape index (κ3) is 4.09. The van der Waals surface area contributed by atoms with Crippen LogP contribution in [0.5, 0.6) is 5.75 Å². The Hall–Kier alpha value is -3.08. The number of hydrogen-bond acceptors (Lipinski definition) is 5. The van der Waals surface area contributed by atoms with E-state index in [-0.39, 0.29) is 12.3 Å². The molecule has 1 aromatic carbocycles. The zero-order valence-electron chi connectivity index (χ0n) is 16.8. The summed E-state index contributed by atoms with van der Waals surface area (Å²) in [5, 5.41) is 14.6. The summed E-state index contributed by atoms with van der Waals surface area (Å²) >= 11 is 0. The van der Waals surface area contributed by atoms with E-state index >= 15 is 0 Å². The van der Waals surface area contributed by atoms with Crippen molar-refractivity contribution in [3.8, 4) is 11.8 Å². The topological polar surface area (TPSA) is 112 Å². The third-order valence-corrected chi connectivity index (χ3v) is 5.17. The van der Waals surface area contributed by atoms with E-state index in [9.17, 15) is 19.6 Å². The molecule has 0 aromatic heterocycles. The number of rotatable bonds is 7. The molecule has 4 amide bonds. The van der Waals surface area contributed by atoms with Crippen LogP contribution in [0.1, 0.15) is 33.3 Å². The van der Waals surface area contributed by atoms with Crippen LogP contribution >= 0.6 is 0 Å². The van der Waals surface area contributed by atoms with Crippen LogP contribution in [0.25, 0.3) is 0 Å². The lowest BCUT2D eigenvalue weighted by Crippen LogP contribution is -2.53. The minimum atomic E-state index is -1.19. The molecule has 1 heterocycles. The molecule has 150 valence electrons. The van der Waals surface area contributed by atoms with E-state index in [1.165, 1.54) is 7.11 Å². The van der Waals surface area contributed by atoms with Gasteiger partial charge in [-0.1, -0.05) is 32.0 Å². The summed E-state index contributed by atoms with van der Waals surface area (Å²) in [6.45, 7) is 6.39. The van der Waals surface area contributed by atoms with Gasteiger partial charge < -0.3 is 15.4 Å². The fourth-order valence-electron chi connectivity index (χ4n) is 3.01. The van der Waals surface area contributed by atoms with Crippen molar-refractivity contribution in [2.24, 2.45) is 5.92 Å². The minimum absolute atomic E-state index is 0.139. The molecule has 0 bridgehead atoms. The molecule has 1 saturated heterocycles. The average Bonchev–Trinajstić information content (AvgIpc) is 2.84. The Morgan fingerprint density at radius 2 is 2.04 bits per heavy atom. The van der Waals surface area contributed by atoms with Crippen molar-refractivity contribution in [3.05, 3.63) is 29.8 Å². The molecule has 28 heavy (non-hydrogen) atoms. The van der Waals surface area contributed by atoms with Crippen LogP contribution in [0, 0.1) is 17.2 Å². The molecule has 2 rings (SSSR count). The van der Waals surface area contributed by atoms with Gasteiger partial charge in [0.05, 0.1) is 13.2 Å². The predicted octanol–water partition coefficient (Wildman–Crippen LogP) is 1.60. The highest BCUT2D eigenvalue weighted by Gasteiger charge is 2.49. The van der Waals surface area contributed by atoms with Crippen LogP contribution < -0.4 is 15.4 Å². The maximum Gasteiger partial charge on any atom is 0.325 e. The van der Waals surface area contributed by atoms with E-state index in [4.69, 9.17) is 4.74 Å². The number of para-hydroxylation sites is 1. The normalized spacial score (nSPS) is 21.1. The van der Waals surface area contributed by atoms with Crippen molar-refractivity contribution >= 4 is 17.8 Å². The van der Waals surface area contributed by atoms with Gasteiger partial charge in [0, 0.05) is 6.42 Å². The smallest absolute Gasteiger partial charge is 0.325 e. The lowest BCUT2D eigenvalue weighted by molar-refractivity contribution is -0.135. The number of benzene rings is 1. The van der Waals surface area contributed by atoms with E-state index in [1.807, 2.05) is 32.0 Å². The summed E-state index contributed by atoms with van der Waals surface area (Å²) in [5.74, 6) is -0.589. The molecule has 2 N–H and O–H groups in total. The van der Waals surface area contributed by atoms with Gasteiger partial charge >= 0.3 is 6.03 Å². The molecule has 8 heteroatoms. The monoisotopic (exact) mass is 386 g/mol. The second kappa shape index (κ2) is 7.89. The Balaban J connectivity index is 2.15. The fourth-order valence-corrected chi connectivity index (χ4v) is 3.01. The molecule has 1 aromatic rings. The van der Waals surface area contributed by atoms with Crippen LogP contribution in [-0.4, -0.2) is 47.5 Å². The Morgan fingerprint density at radius 3 is 2.61 bits per heavy atom. The van der Waals surface area contributed by atoms with E-state index in [2.05, 4.69) is 16.7 Å². The zero-order chi connectivity index (χ0) is 21.1. The number of amides is 4. The zero-order valence-corrected chi connectivity index (χ0v) is 16.8. The van der Waals surface area contributed by atoms with Crippen molar-refractivity contribution in [2.45, 2.75) is 45.2 Å². The molecule has 1 fully saturated rings. The molecule has 1 aliphatic heterocycles. The molecule has 0 spiro atoms. The molecule has 8 nitrogen and oxygen atoms in total. The number of nitriles is 1. The number of imide groups is 1. The van der Waals surface area contributed by atoms with Gasteiger partial charge in [0.25, 0.3) is 5.91 Å². The van der Waals surface area contributed by atoms with Gasteiger partial charge in [-0.2, -0.15) is 5.26 Å². The molecule has 0 radical (unpaired) electrons. The van der Waals surface area contributed by atoms with Gasteiger partial charge in [0.2, 0.25) is 5.91 Å². The first-order valence-corrected chi connectivity index (χ1v) is 9.04. The molecule has 0 aliphatic carbocycles. The Kier molecular flexibility index (Phi) is 5.98. The highest BCUT2D eigenvalue weighted by molar-refractivity contribution is 6.09. The minimum Gasteiger partial charge on any atom is -0.496 e. The highest BCUT2D eigenvalue weighted by Crippen LogP contribution is 2.27. The van der Waals surface area contributed by atoms with Gasteiger partial charge in [-0.15, -0.1) is 0 Å². The van der Waals surface area contributed by atoms with E-state index < -0.39 is 35.5 Å². The number of ether oxygens (including phenoxy) is 1. The molecular formula is C20H26N4O4. The van der Waals surface area contributed by atoms with Crippen molar-refractivity contribution in [3.63, 3.8) is 0 Å². The van der Waals surface area contributed by atoms with Crippen molar-refractivity contribution in [1.82, 2.24) is 15.5 Å². The van der Waals surface area contributed by atoms with E-state index in [0.717, 1.165) is 10.5 Å². The highest BCUT2D eigenvalue weighted by atomic mass is 16.5. The van der Waals surface area contributed by atoms with Crippen molar-refractivity contribution < 1.29 is 19.1 Å². The van der Waals surface area contributed by atoms with Crippen LogP contribution in [0.4, 0.5) is 4.79 Å². The number of methoxy groups -OCH3 is 1. The first-order valence-electron chi connectivity index (χ1n) is 9.04. The number of urea groups is 1. The van der Waals surface area contributed by atoms with Gasteiger partial charge in [0.15, 0.2) is 0 Å². The summed E-state index contributed by atoms with van der Waals surface area (Å²) in [5.41, 5.74) is -1.51. The Morgan fingerprint density at radius 1 is 1.39 bits per heavy atom. The number of carbonyl (C=O) groups is 3. The molecule has 0 unspecified atom stereocenters. The lowest BCUT2D eigenvalue weighted by atomic mass is 9.90. The predicted molar refractivity (Wildman–Crippen MR) is 102 cm³/mol. The number of nitrogens with one attached hydrogen (secondary N) is 2. The lowest BCUT2D eigenvalue weighted by Gasteiger charge is -2.28. The van der Waals surface area contributed by atoms with E-state index in [1.54, 1.807) is 19.9 Å². The Labute approximate surface area is 164 Å². The van der Waals surface area contributed by atoms with Gasteiger partial charge in [-0.05, 0) is 31.4 Å². The summed E-state index contributed by atoms with van der Waals surface area (Å²) in [7, 11) is 1.54. The standard InChI is InChI=1S/C20H26N4O4/c1-13(2)20(4,12-21)22-16(25)11-24-17(26)19(3,23-18(24)27)10-14-8-6-7-9-15(14)28-5/h6-9,13H,10-11H2,1-5H3,(H,22,25)(H,23,27)/t19-,20+/m0/s1. The SMILES string of the molecule is COc1ccccc1C[C@]1(C)NC(=O)N(CC(=O)N[C@](C)(C#N)C(C)C)C1=O. The number of carbonyl (C=O) groups excluding carboxylic acids is 3. The summed E-state index contributed by atoms with van der Waals surface area (Å²) in [6.07, 6.45) is 0.224. The fraction of sp³-hybridized carbons (Fsp3) is 0.500. The third-order valence-electron chi connectivity index (χ3n) is 5.17. The van der Waals surface area contributed by atoms with Crippen molar-refractivity contribution in [2.75, 3.05) is 13.7 Å². The molecule has 2 atom stereocenters. The first-order chi connectivity index (χ1) is 13.1. The summed E-state index contributed by atoms with van der Waals surface area (Å²) in [4.78, 5) is 38.5. The quantitative estimate of drug-likeness (QED) is 0.692. The second-order valence-corrected chi connectivity index (χ2v) is 7.66. The van der Waals surface area contributed by atoms with E-state index in [0.29, 0.717) is 5.75 Å². The molecular weight excluding hydrogens is 360 g/mol. The summed E-state index contributed by atoms with van der Waals surface area (Å²) in [6, 6.07) is 8.67. The maximum atomic E-state index is 12.9. The van der Waals surface area contributed by atoms with Crippen LogP contribution in [0.3, 0.4) is 0 Å². The summed E-state index contributed by atoms with van der Waals surface area (Å²) < 4.78 is 5.31.